The standard InChI is InChI=1S/C23H26N2O5/c1-16(24-21(26)14-11-17-9-12-19(29-2)13-10-17)23(28)25-20(15-22(27)30-3)18-7-5-4-6-8-18/h4-14,16,20H,15H2,1-3H3,(H,24,26)(H,25,28)/b14-11+. The molecule has 2 atom stereocenters. The summed E-state index contributed by atoms with van der Waals surface area (Å²) in [7, 11) is 2.88. The fraction of sp³-hybridized carbons (Fsp3) is 0.261. The highest BCUT2D eigenvalue weighted by molar-refractivity contribution is 5.95. The zero-order valence-corrected chi connectivity index (χ0v) is 17.3. The van der Waals surface area contributed by atoms with Gasteiger partial charge in [-0.3, -0.25) is 14.4 Å². The van der Waals surface area contributed by atoms with Gasteiger partial charge in [0.2, 0.25) is 11.8 Å². The summed E-state index contributed by atoms with van der Waals surface area (Å²) in [4.78, 5) is 36.4. The van der Waals surface area contributed by atoms with E-state index >= 15 is 0 Å². The van der Waals surface area contributed by atoms with Crippen molar-refractivity contribution in [3.05, 3.63) is 71.8 Å². The maximum Gasteiger partial charge on any atom is 0.307 e. The number of rotatable bonds is 9. The van der Waals surface area contributed by atoms with Gasteiger partial charge < -0.3 is 20.1 Å². The Balaban J connectivity index is 1.96. The molecule has 0 saturated carbocycles. The van der Waals surface area contributed by atoms with Crippen LogP contribution in [-0.4, -0.2) is 38.0 Å². The number of nitrogens with one attached hydrogen (secondary N) is 2. The van der Waals surface area contributed by atoms with Gasteiger partial charge in [-0.2, -0.15) is 0 Å². The van der Waals surface area contributed by atoms with Crippen molar-refractivity contribution in [3.8, 4) is 5.75 Å². The Morgan fingerprint density at radius 2 is 1.63 bits per heavy atom. The van der Waals surface area contributed by atoms with Crippen LogP contribution >= 0.6 is 0 Å². The van der Waals surface area contributed by atoms with Crippen LogP contribution in [0.2, 0.25) is 0 Å². The molecule has 0 spiro atoms. The minimum atomic E-state index is -0.790. The van der Waals surface area contributed by atoms with Crippen molar-refractivity contribution in [3.63, 3.8) is 0 Å². The lowest BCUT2D eigenvalue weighted by Gasteiger charge is -2.21. The molecule has 2 rings (SSSR count). The van der Waals surface area contributed by atoms with Gasteiger partial charge in [0.1, 0.15) is 11.8 Å². The predicted molar refractivity (Wildman–Crippen MR) is 114 cm³/mol. The molecule has 0 aromatic heterocycles. The van der Waals surface area contributed by atoms with E-state index in [1.54, 1.807) is 32.2 Å². The first-order valence-corrected chi connectivity index (χ1v) is 9.47. The number of esters is 1. The van der Waals surface area contributed by atoms with E-state index in [-0.39, 0.29) is 6.42 Å². The number of hydrogen-bond acceptors (Lipinski definition) is 5. The summed E-state index contributed by atoms with van der Waals surface area (Å²) in [6.07, 6.45) is 2.99. The van der Waals surface area contributed by atoms with Crippen molar-refractivity contribution in [2.45, 2.75) is 25.4 Å². The molecule has 2 aromatic rings. The van der Waals surface area contributed by atoms with Crippen LogP contribution in [0, 0.1) is 0 Å². The van der Waals surface area contributed by atoms with E-state index in [2.05, 4.69) is 10.6 Å². The molecule has 2 amide bonds. The first-order valence-electron chi connectivity index (χ1n) is 9.47. The van der Waals surface area contributed by atoms with E-state index in [4.69, 9.17) is 9.47 Å². The zero-order valence-electron chi connectivity index (χ0n) is 17.3. The number of ether oxygens (including phenoxy) is 2. The summed E-state index contributed by atoms with van der Waals surface area (Å²) in [5, 5.41) is 5.42. The largest absolute Gasteiger partial charge is 0.497 e. The van der Waals surface area contributed by atoms with Gasteiger partial charge in [0.25, 0.3) is 0 Å². The van der Waals surface area contributed by atoms with Gasteiger partial charge >= 0.3 is 5.97 Å². The number of hydrogen-bond donors (Lipinski definition) is 2. The Bertz CT molecular complexity index is 878. The smallest absolute Gasteiger partial charge is 0.307 e. The minimum absolute atomic E-state index is 0.00963. The Hall–Kier alpha value is -3.61. The number of methoxy groups -OCH3 is 2. The molecule has 0 aliphatic carbocycles. The van der Waals surface area contributed by atoms with Gasteiger partial charge in [0.15, 0.2) is 0 Å². The maximum absolute atomic E-state index is 12.6. The van der Waals surface area contributed by atoms with Crippen molar-refractivity contribution in [2.75, 3.05) is 14.2 Å². The quantitative estimate of drug-likeness (QED) is 0.490. The highest BCUT2D eigenvalue weighted by Crippen LogP contribution is 2.17. The van der Waals surface area contributed by atoms with Gasteiger partial charge in [-0.1, -0.05) is 42.5 Å². The molecule has 2 N–H and O–H groups in total. The Kier molecular flexibility index (Phi) is 8.62. The van der Waals surface area contributed by atoms with Gasteiger partial charge in [-0.15, -0.1) is 0 Å². The van der Waals surface area contributed by atoms with Crippen molar-refractivity contribution in [1.82, 2.24) is 10.6 Å². The molecule has 0 aliphatic heterocycles. The summed E-state index contributed by atoms with van der Waals surface area (Å²) in [5.41, 5.74) is 1.60. The second kappa shape index (κ2) is 11.4. The number of benzene rings is 2. The van der Waals surface area contributed by atoms with Crippen molar-refractivity contribution in [2.24, 2.45) is 0 Å². The van der Waals surface area contributed by atoms with Crippen LogP contribution in [0.5, 0.6) is 5.75 Å². The number of carbonyl (C=O) groups excluding carboxylic acids is 3. The van der Waals surface area contributed by atoms with E-state index in [0.717, 1.165) is 16.9 Å². The predicted octanol–water partition coefficient (Wildman–Crippen LogP) is 2.63. The molecule has 7 nitrogen and oxygen atoms in total. The molecule has 0 aliphatic rings. The topological polar surface area (TPSA) is 93.7 Å². The van der Waals surface area contributed by atoms with Crippen LogP contribution < -0.4 is 15.4 Å². The number of carbonyl (C=O) groups is 3. The summed E-state index contributed by atoms with van der Waals surface area (Å²) in [5.74, 6) is -0.526. The van der Waals surface area contributed by atoms with Gasteiger partial charge in [0, 0.05) is 6.08 Å². The Morgan fingerprint density at radius 3 is 2.23 bits per heavy atom. The summed E-state index contributed by atoms with van der Waals surface area (Å²) in [6.45, 7) is 1.58. The summed E-state index contributed by atoms with van der Waals surface area (Å²) < 4.78 is 9.81. The average Bonchev–Trinajstić information content (AvgIpc) is 2.77. The van der Waals surface area contributed by atoms with E-state index < -0.39 is 29.9 Å². The monoisotopic (exact) mass is 410 g/mol. The first-order chi connectivity index (χ1) is 14.4. The highest BCUT2D eigenvalue weighted by Gasteiger charge is 2.22. The normalized spacial score (nSPS) is 12.6. The van der Waals surface area contributed by atoms with Crippen molar-refractivity contribution >= 4 is 23.9 Å². The van der Waals surface area contributed by atoms with Crippen LogP contribution in [0.25, 0.3) is 6.08 Å². The Morgan fingerprint density at radius 1 is 0.967 bits per heavy atom. The molecule has 0 fully saturated rings. The zero-order chi connectivity index (χ0) is 21.9. The molecule has 0 radical (unpaired) electrons. The van der Waals surface area contributed by atoms with Gasteiger partial charge in [-0.05, 0) is 36.3 Å². The molecule has 158 valence electrons. The van der Waals surface area contributed by atoms with Crippen LogP contribution in [-0.2, 0) is 19.1 Å². The second-order valence-corrected chi connectivity index (χ2v) is 6.59. The Labute approximate surface area is 176 Å². The highest BCUT2D eigenvalue weighted by atomic mass is 16.5. The van der Waals surface area contributed by atoms with Crippen LogP contribution in [0.15, 0.2) is 60.7 Å². The summed E-state index contributed by atoms with van der Waals surface area (Å²) in [6, 6.07) is 15.0. The first kappa shape index (κ1) is 22.7. The third-order valence-corrected chi connectivity index (χ3v) is 4.41. The van der Waals surface area contributed by atoms with Gasteiger partial charge in [0.05, 0.1) is 26.7 Å². The molecule has 0 bridgehead atoms. The average molecular weight is 410 g/mol. The van der Waals surface area contributed by atoms with Crippen LogP contribution in [0.1, 0.15) is 30.5 Å². The molecule has 2 unspecified atom stereocenters. The maximum atomic E-state index is 12.6. The third-order valence-electron chi connectivity index (χ3n) is 4.41. The van der Waals surface area contributed by atoms with E-state index in [1.165, 1.54) is 13.2 Å². The molecule has 0 saturated heterocycles. The van der Waals surface area contributed by atoms with Crippen LogP contribution in [0.3, 0.4) is 0 Å². The molecular weight excluding hydrogens is 384 g/mol. The summed E-state index contributed by atoms with van der Waals surface area (Å²) >= 11 is 0. The molecular formula is C23H26N2O5. The van der Waals surface area contributed by atoms with Crippen LogP contribution in [0.4, 0.5) is 0 Å². The lowest BCUT2D eigenvalue weighted by atomic mass is 10.0. The van der Waals surface area contributed by atoms with Crippen molar-refractivity contribution < 1.29 is 23.9 Å². The van der Waals surface area contributed by atoms with E-state index in [0.29, 0.717) is 0 Å². The molecule has 7 heteroatoms. The SMILES string of the molecule is COC(=O)CC(NC(=O)C(C)NC(=O)/C=C/c1ccc(OC)cc1)c1ccccc1. The lowest BCUT2D eigenvalue weighted by molar-refractivity contribution is -0.141. The van der Waals surface area contributed by atoms with E-state index in [9.17, 15) is 14.4 Å². The van der Waals surface area contributed by atoms with Gasteiger partial charge in [-0.25, -0.2) is 0 Å². The fourth-order valence-corrected chi connectivity index (χ4v) is 2.70. The fourth-order valence-electron chi connectivity index (χ4n) is 2.70. The minimum Gasteiger partial charge on any atom is -0.497 e. The lowest BCUT2D eigenvalue weighted by Crippen LogP contribution is -2.45. The van der Waals surface area contributed by atoms with E-state index in [1.807, 2.05) is 42.5 Å². The molecule has 2 aromatic carbocycles. The molecule has 0 heterocycles. The second-order valence-electron chi connectivity index (χ2n) is 6.59. The van der Waals surface area contributed by atoms with Crippen molar-refractivity contribution in [1.29, 1.82) is 0 Å². The molecule has 30 heavy (non-hydrogen) atoms. The third kappa shape index (κ3) is 7.09. The number of amides is 2.